The maximum absolute atomic E-state index is 2.37. The smallest absolute Gasteiger partial charge is 0.0231 e. The van der Waals surface area contributed by atoms with Crippen LogP contribution in [0.5, 0.6) is 0 Å². The molecule has 0 heteroatoms. The monoisotopic (exact) mass is 138 g/mol. The van der Waals surface area contributed by atoms with E-state index in [4.69, 9.17) is 0 Å². The van der Waals surface area contributed by atoms with Crippen LogP contribution in [-0.4, -0.2) is 0 Å². The zero-order chi connectivity index (χ0) is 7.56. The molecule has 0 fully saturated rings. The predicted octanol–water partition coefficient (Wildman–Crippen LogP) is 3.24. The van der Waals surface area contributed by atoms with Gasteiger partial charge < -0.3 is 0 Å². The van der Waals surface area contributed by atoms with Gasteiger partial charge in [0.15, 0.2) is 0 Å². The highest BCUT2D eigenvalue weighted by molar-refractivity contribution is 4.95. The summed E-state index contributed by atoms with van der Waals surface area (Å²) in [5, 5.41) is 0. The van der Waals surface area contributed by atoms with E-state index < -0.39 is 0 Å². The molecule has 0 spiro atoms. The summed E-state index contributed by atoms with van der Waals surface area (Å²) < 4.78 is 0. The van der Waals surface area contributed by atoms with Gasteiger partial charge in [-0.15, -0.1) is 0 Å². The van der Waals surface area contributed by atoms with Crippen LogP contribution < -0.4 is 0 Å². The van der Waals surface area contributed by atoms with Crippen LogP contribution in [0.15, 0.2) is 12.2 Å². The first-order valence-corrected chi connectivity index (χ1v) is 4.38. The Morgan fingerprint density at radius 1 is 1.40 bits per heavy atom. The first-order chi connectivity index (χ1) is 4.72. The third-order valence-corrected chi connectivity index (χ3v) is 2.64. The molecular formula is C10H18. The van der Waals surface area contributed by atoms with E-state index in [2.05, 4.69) is 32.9 Å². The molecule has 0 nitrogen and oxygen atoms in total. The van der Waals surface area contributed by atoms with Crippen LogP contribution in [0.25, 0.3) is 0 Å². The summed E-state index contributed by atoms with van der Waals surface area (Å²) in [6, 6.07) is 0. The third-order valence-electron chi connectivity index (χ3n) is 2.64. The molecular weight excluding hydrogens is 120 g/mol. The molecule has 0 amide bonds. The van der Waals surface area contributed by atoms with Crippen LogP contribution in [0.3, 0.4) is 0 Å². The Morgan fingerprint density at radius 2 is 2.10 bits per heavy atom. The molecule has 1 aliphatic rings. The van der Waals surface area contributed by atoms with Gasteiger partial charge in [-0.1, -0.05) is 32.9 Å². The van der Waals surface area contributed by atoms with E-state index in [0.717, 1.165) is 17.8 Å². The Labute approximate surface area is 64.3 Å². The van der Waals surface area contributed by atoms with E-state index >= 15 is 0 Å². The summed E-state index contributed by atoms with van der Waals surface area (Å²) in [5.41, 5.74) is 0. The second-order valence-electron chi connectivity index (χ2n) is 3.77. The minimum Gasteiger partial charge on any atom is -0.0882 e. The molecule has 0 N–H and O–H groups in total. The van der Waals surface area contributed by atoms with Crippen LogP contribution in [-0.2, 0) is 0 Å². The van der Waals surface area contributed by atoms with Crippen molar-refractivity contribution in [2.75, 3.05) is 0 Å². The van der Waals surface area contributed by atoms with Crippen molar-refractivity contribution in [2.45, 2.75) is 33.6 Å². The maximum atomic E-state index is 2.37. The Hall–Kier alpha value is -0.260. The van der Waals surface area contributed by atoms with Crippen LogP contribution in [0.1, 0.15) is 33.6 Å². The average molecular weight is 138 g/mol. The molecule has 0 saturated carbocycles. The van der Waals surface area contributed by atoms with Crippen molar-refractivity contribution < 1.29 is 0 Å². The Kier molecular flexibility index (Phi) is 2.53. The van der Waals surface area contributed by atoms with Crippen molar-refractivity contribution in [3.63, 3.8) is 0 Å². The van der Waals surface area contributed by atoms with E-state index in [1.165, 1.54) is 12.8 Å². The molecule has 0 aromatic rings. The summed E-state index contributed by atoms with van der Waals surface area (Å²) in [7, 11) is 0. The normalized spacial score (nSPS) is 33.2. The molecule has 1 aliphatic carbocycles. The summed E-state index contributed by atoms with van der Waals surface area (Å²) in [6.45, 7) is 7.00. The molecule has 0 heterocycles. The van der Waals surface area contributed by atoms with E-state index in [-0.39, 0.29) is 0 Å². The Bertz CT molecular complexity index is 122. The van der Waals surface area contributed by atoms with E-state index in [1.807, 2.05) is 0 Å². The van der Waals surface area contributed by atoms with Crippen molar-refractivity contribution in [3.05, 3.63) is 12.2 Å². The van der Waals surface area contributed by atoms with Gasteiger partial charge in [0, 0.05) is 0 Å². The first kappa shape index (κ1) is 7.84. The number of allylic oxidation sites excluding steroid dienone is 2. The second kappa shape index (κ2) is 3.23. The Balaban J connectivity index is 2.52. The molecule has 1 rings (SSSR count). The number of hydrogen-bond donors (Lipinski definition) is 0. The second-order valence-corrected chi connectivity index (χ2v) is 3.77. The summed E-state index contributed by atoms with van der Waals surface area (Å²) in [4.78, 5) is 0. The molecule has 0 aliphatic heterocycles. The molecule has 2 unspecified atom stereocenters. The van der Waals surface area contributed by atoms with Gasteiger partial charge in [0.05, 0.1) is 0 Å². The molecule has 0 bridgehead atoms. The molecule has 10 heavy (non-hydrogen) atoms. The summed E-state index contributed by atoms with van der Waals surface area (Å²) >= 11 is 0. The molecule has 0 radical (unpaired) electrons. The van der Waals surface area contributed by atoms with Crippen molar-refractivity contribution in [3.8, 4) is 0 Å². The fraction of sp³-hybridized carbons (Fsp3) is 0.800. The minimum atomic E-state index is 0.814. The molecule has 0 aromatic heterocycles. The molecule has 0 aromatic carbocycles. The quantitative estimate of drug-likeness (QED) is 0.488. The molecule has 2 atom stereocenters. The van der Waals surface area contributed by atoms with Crippen LogP contribution in [0.4, 0.5) is 0 Å². The highest BCUT2D eigenvalue weighted by Gasteiger charge is 2.19. The fourth-order valence-corrected chi connectivity index (χ4v) is 1.95. The lowest BCUT2D eigenvalue weighted by atomic mass is 9.78. The Morgan fingerprint density at radius 3 is 2.50 bits per heavy atom. The minimum absolute atomic E-state index is 0.814. The summed E-state index contributed by atoms with van der Waals surface area (Å²) in [6.07, 6.45) is 7.39. The van der Waals surface area contributed by atoms with Gasteiger partial charge in [-0.05, 0) is 30.6 Å². The van der Waals surface area contributed by atoms with Crippen molar-refractivity contribution in [1.82, 2.24) is 0 Å². The largest absolute Gasteiger partial charge is 0.0882 e. The zero-order valence-electron chi connectivity index (χ0n) is 7.30. The molecule has 58 valence electrons. The lowest BCUT2D eigenvalue weighted by Crippen LogP contribution is -2.18. The first-order valence-electron chi connectivity index (χ1n) is 4.38. The average Bonchev–Trinajstić information content (AvgIpc) is 1.88. The molecule has 0 saturated heterocycles. The van der Waals surface area contributed by atoms with Crippen molar-refractivity contribution in [2.24, 2.45) is 17.8 Å². The highest BCUT2D eigenvalue weighted by Crippen LogP contribution is 2.30. The van der Waals surface area contributed by atoms with Gasteiger partial charge in [-0.2, -0.15) is 0 Å². The van der Waals surface area contributed by atoms with Gasteiger partial charge in [0.1, 0.15) is 0 Å². The van der Waals surface area contributed by atoms with Crippen LogP contribution in [0.2, 0.25) is 0 Å². The maximum Gasteiger partial charge on any atom is -0.0231 e. The van der Waals surface area contributed by atoms with Crippen LogP contribution in [0, 0.1) is 17.8 Å². The zero-order valence-corrected chi connectivity index (χ0v) is 7.30. The van der Waals surface area contributed by atoms with Gasteiger partial charge in [-0.3, -0.25) is 0 Å². The van der Waals surface area contributed by atoms with Gasteiger partial charge >= 0.3 is 0 Å². The van der Waals surface area contributed by atoms with Gasteiger partial charge in [-0.25, -0.2) is 0 Å². The standard InChI is InChI=1S/C10H18/c1-8(2)10-7-5-4-6-9(10)3/h4,6,8-10H,5,7H2,1-3H3. The lowest BCUT2D eigenvalue weighted by Gasteiger charge is -2.27. The van der Waals surface area contributed by atoms with Crippen molar-refractivity contribution in [1.29, 1.82) is 0 Å². The van der Waals surface area contributed by atoms with Gasteiger partial charge in [0.25, 0.3) is 0 Å². The van der Waals surface area contributed by atoms with Crippen LogP contribution >= 0.6 is 0 Å². The van der Waals surface area contributed by atoms with E-state index in [9.17, 15) is 0 Å². The van der Waals surface area contributed by atoms with E-state index in [0.29, 0.717) is 0 Å². The fourth-order valence-electron chi connectivity index (χ4n) is 1.95. The highest BCUT2D eigenvalue weighted by atomic mass is 14.2. The SMILES string of the molecule is CC(C)C1CCC=CC1C. The van der Waals surface area contributed by atoms with E-state index in [1.54, 1.807) is 0 Å². The predicted molar refractivity (Wildman–Crippen MR) is 45.9 cm³/mol. The third kappa shape index (κ3) is 1.62. The van der Waals surface area contributed by atoms with Gasteiger partial charge in [0.2, 0.25) is 0 Å². The summed E-state index contributed by atoms with van der Waals surface area (Å²) in [5.74, 6) is 2.61. The van der Waals surface area contributed by atoms with Crippen molar-refractivity contribution >= 4 is 0 Å². The lowest BCUT2D eigenvalue weighted by molar-refractivity contribution is 0.283. The number of rotatable bonds is 1. The topological polar surface area (TPSA) is 0 Å². The number of hydrogen-bond acceptors (Lipinski definition) is 0.